The van der Waals surface area contributed by atoms with E-state index in [0.29, 0.717) is 0 Å². The van der Waals surface area contributed by atoms with Crippen molar-refractivity contribution >= 4 is 6.03 Å². The van der Waals surface area contributed by atoms with Crippen molar-refractivity contribution in [3.05, 3.63) is 17.5 Å². The number of nitrogens with zero attached hydrogens (tertiary/aromatic N) is 3. The number of carbonyl (C=O) groups excluding carboxylic acids is 1. The van der Waals surface area contributed by atoms with Crippen molar-refractivity contribution < 1.29 is 4.79 Å². The predicted molar refractivity (Wildman–Crippen MR) is 97.4 cm³/mol. The number of fused-ring (bicyclic) bond motifs is 2. The SMILES string of the molecule is Cc1[nH]ncc1CCCNC(=O)N1CCN(C2CC3CCC2C3)CC1. The second-order valence-electron chi connectivity index (χ2n) is 8.12. The molecule has 1 aromatic rings. The van der Waals surface area contributed by atoms with E-state index in [1.807, 2.05) is 18.0 Å². The molecule has 0 spiro atoms. The molecule has 0 radical (unpaired) electrons. The molecule has 2 amide bonds. The van der Waals surface area contributed by atoms with Crippen LogP contribution in [0.4, 0.5) is 4.79 Å². The number of aromatic amines is 1. The lowest BCUT2D eigenvalue weighted by atomic mass is 9.93. The standard InChI is InChI=1S/C19H31N5O/c1-14-17(13-21-22-14)3-2-6-20-19(25)24-9-7-23(8-10-24)18-12-15-4-5-16(18)11-15/h13,15-16,18H,2-12H2,1H3,(H,20,25)(H,21,22). The van der Waals surface area contributed by atoms with Gasteiger partial charge in [-0.25, -0.2) is 4.79 Å². The van der Waals surface area contributed by atoms with Gasteiger partial charge in [0.05, 0.1) is 6.20 Å². The van der Waals surface area contributed by atoms with E-state index in [2.05, 4.69) is 20.4 Å². The van der Waals surface area contributed by atoms with Crippen LogP contribution in [0.5, 0.6) is 0 Å². The molecule has 6 heteroatoms. The number of aryl methyl sites for hydroxylation is 2. The molecule has 0 aromatic carbocycles. The minimum absolute atomic E-state index is 0.108. The van der Waals surface area contributed by atoms with E-state index in [0.717, 1.165) is 69.1 Å². The molecule has 3 atom stereocenters. The Balaban J connectivity index is 1.15. The highest BCUT2D eigenvalue weighted by Crippen LogP contribution is 2.46. The number of H-pyrrole nitrogens is 1. The van der Waals surface area contributed by atoms with Crippen LogP contribution in [0.15, 0.2) is 6.20 Å². The van der Waals surface area contributed by atoms with E-state index in [4.69, 9.17) is 0 Å². The molecular formula is C19H31N5O. The van der Waals surface area contributed by atoms with Crippen molar-refractivity contribution in [3.63, 3.8) is 0 Å². The quantitative estimate of drug-likeness (QED) is 0.804. The summed E-state index contributed by atoms with van der Waals surface area (Å²) < 4.78 is 0. The average Bonchev–Trinajstić information content (AvgIpc) is 3.36. The minimum atomic E-state index is 0.108. The molecular weight excluding hydrogens is 314 g/mol. The molecule has 4 rings (SSSR count). The maximum atomic E-state index is 12.4. The van der Waals surface area contributed by atoms with Gasteiger partial charge in [0.1, 0.15) is 0 Å². The third-order valence-electron chi connectivity index (χ3n) is 6.60. The lowest BCUT2D eigenvalue weighted by Crippen LogP contribution is -2.55. The van der Waals surface area contributed by atoms with E-state index in [-0.39, 0.29) is 6.03 Å². The summed E-state index contributed by atoms with van der Waals surface area (Å²) in [5.74, 6) is 1.94. The van der Waals surface area contributed by atoms with Crippen molar-refractivity contribution in [2.75, 3.05) is 32.7 Å². The first-order chi connectivity index (χ1) is 12.2. The molecule has 1 aliphatic heterocycles. The van der Waals surface area contributed by atoms with E-state index in [1.165, 1.54) is 31.2 Å². The zero-order valence-corrected chi connectivity index (χ0v) is 15.3. The number of hydrogen-bond donors (Lipinski definition) is 2. The molecule has 3 fully saturated rings. The largest absolute Gasteiger partial charge is 0.338 e. The topological polar surface area (TPSA) is 64.3 Å². The Hall–Kier alpha value is -1.56. The zero-order valence-electron chi connectivity index (χ0n) is 15.3. The predicted octanol–water partition coefficient (Wildman–Crippen LogP) is 2.17. The van der Waals surface area contributed by atoms with Crippen molar-refractivity contribution in [1.29, 1.82) is 0 Å². The van der Waals surface area contributed by atoms with Gasteiger partial charge < -0.3 is 10.2 Å². The Bertz CT molecular complexity index is 592. The summed E-state index contributed by atoms with van der Waals surface area (Å²) in [5.41, 5.74) is 2.37. The van der Waals surface area contributed by atoms with Gasteiger partial charge in [0.15, 0.2) is 0 Å². The Morgan fingerprint density at radius 1 is 1.28 bits per heavy atom. The Kier molecular flexibility index (Phi) is 4.97. The van der Waals surface area contributed by atoms with Crippen LogP contribution in [0.2, 0.25) is 0 Å². The van der Waals surface area contributed by atoms with E-state index in [1.54, 1.807) is 0 Å². The van der Waals surface area contributed by atoms with Gasteiger partial charge in [0, 0.05) is 44.5 Å². The van der Waals surface area contributed by atoms with Crippen LogP contribution < -0.4 is 5.32 Å². The molecule has 2 N–H and O–H groups in total. The summed E-state index contributed by atoms with van der Waals surface area (Å²) in [4.78, 5) is 17.0. The number of nitrogens with one attached hydrogen (secondary N) is 2. The molecule has 2 heterocycles. The third kappa shape index (κ3) is 3.68. The molecule has 1 saturated heterocycles. The molecule has 138 valence electrons. The lowest BCUT2D eigenvalue weighted by molar-refractivity contribution is 0.0827. The van der Waals surface area contributed by atoms with Crippen LogP contribution in [-0.2, 0) is 6.42 Å². The molecule has 2 bridgehead atoms. The Morgan fingerprint density at radius 3 is 2.76 bits per heavy atom. The first-order valence-corrected chi connectivity index (χ1v) is 9.96. The van der Waals surface area contributed by atoms with Gasteiger partial charge in [-0.2, -0.15) is 5.10 Å². The van der Waals surface area contributed by atoms with Gasteiger partial charge >= 0.3 is 6.03 Å². The fourth-order valence-corrected chi connectivity index (χ4v) is 5.13. The molecule has 1 aromatic heterocycles. The zero-order chi connectivity index (χ0) is 17.2. The third-order valence-corrected chi connectivity index (χ3v) is 6.60. The number of aromatic nitrogens is 2. The number of rotatable bonds is 5. The summed E-state index contributed by atoms with van der Waals surface area (Å²) in [6.45, 7) is 6.62. The second kappa shape index (κ2) is 7.36. The van der Waals surface area contributed by atoms with E-state index >= 15 is 0 Å². The summed E-state index contributed by atoms with van der Waals surface area (Å²) in [7, 11) is 0. The summed E-state index contributed by atoms with van der Waals surface area (Å²) in [6, 6.07) is 0.915. The average molecular weight is 345 g/mol. The van der Waals surface area contributed by atoms with Crippen LogP contribution in [0.25, 0.3) is 0 Å². The lowest BCUT2D eigenvalue weighted by Gasteiger charge is -2.41. The van der Waals surface area contributed by atoms with Gasteiger partial charge in [-0.1, -0.05) is 6.42 Å². The van der Waals surface area contributed by atoms with Crippen molar-refractivity contribution in [1.82, 2.24) is 25.3 Å². The number of carbonyl (C=O) groups is 1. The van der Waals surface area contributed by atoms with E-state index in [9.17, 15) is 4.79 Å². The summed E-state index contributed by atoms with van der Waals surface area (Å²) in [6.07, 6.45) is 9.56. The van der Waals surface area contributed by atoms with Gasteiger partial charge in [-0.15, -0.1) is 0 Å². The maximum absolute atomic E-state index is 12.4. The number of urea groups is 1. The van der Waals surface area contributed by atoms with Crippen molar-refractivity contribution in [2.45, 2.75) is 51.5 Å². The highest BCUT2D eigenvalue weighted by atomic mass is 16.2. The van der Waals surface area contributed by atoms with Crippen LogP contribution in [0, 0.1) is 18.8 Å². The van der Waals surface area contributed by atoms with Crippen molar-refractivity contribution in [2.24, 2.45) is 11.8 Å². The Morgan fingerprint density at radius 2 is 2.12 bits per heavy atom. The van der Waals surface area contributed by atoms with Gasteiger partial charge in [-0.3, -0.25) is 10.00 Å². The highest BCUT2D eigenvalue weighted by molar-refractivity contribution is 5.74. The summed E-state index contributed by atoms with van der Waals surface area (Å²) in [5, 5.41) is 10.1. The first kappa shape index (κ1) is 16.9. The smallest absolute Gasteiger partial charge is 0.317 e. The van der Waals surface area contributed by atoms with Crippen LogP contribution in [-0.4, -0.2) is 64.8 Å². The van der Waals surface area contributed by atoms with E-state index < -0.39 is 0 Å². The first-order valence-electron chi connectivity index (χ1n) is 9.96. The maximum Gasteiger partial charge on any atom is 0.317 e. The molecule has 3 unspecified atom stereocenters. The van der Waals surface area contributed by atoms with Gasteiger partial charge in [-0.05, 0) is 56.4 Å². The number of hydrogen-bond acceptors (Lipinski definition) is 3. The normalized spacial score (nSPS) is 29.3. The fraction of sp³-hybridized carbons (Fsp3) is 0.789. The second-order valence-corrected chi connectivity index (χ2v) is 8.12. The minimum Gasteiger partial charge on any atom is -0.338 e. The number of piperazine rings is 1. The monoisotopic (exact) mass is 345 g/mol. The fourth-order valence-electron chi connectivity index (χ4n) is 5.13. The van der Waals surface area contributed by atoms with Gasteiger partial charge in [0.25, 0.3) is 0 Å². The van der Waals surface area contributed by atoms with Gasteiger partial charge in [0.2, 0.25) is 0 Å². The molecule has 6 nitrogen and oxygen atoms in total. The molecule has 2 saturated carbocycles. The highest BCUT2D eigenvalue weighted by Gasteiger charge is 2.42. The molecule has 25 heavy (non-hydrogen) atoms. The number of amides is 2. The summed E-state index contributed by atoms with van der Waals surface area (Å²) >= 11 is 0. The molecule has 2 aliphatic carbocycles. The molecule has 3 aliphatic rings. The van der Waals surface area contributed by atoms with Crippen molar-refractivity contribution in [3.8, 4) is 0 Å². The van der Waals surface area contributed by atoms with Crippen LogP contribution in [0.3, 0.4) is 0 Å². The van der Waals surface area contributed by atoms with Crippen LogP contribution >= 0.6 is 0 Å². The Labute approximate surface area is 150 Å². The van der Waals surface area contributed by atoms with Crippen LogP contribution in [0.1, 0.15) is 43.4 Å².